The minimum absolute atomic E-state index is 0.00325. The van der Waals surface area contributed by atoms with E-state index in [0.29, 0.717) is 72.2 Å². The van der Waals surface area contributed by atoms with Crippen LogP contribution in [0.3, 0.4) is 0 Å². The normalized spacial score (nSPS) is 22.6. The smallest absolute Gasteiger partial charge is 0.326 e. The monoisotopic (exact) mass is 692 g/mol. The van der Waals surface area contributed by atoms with Crippen molar-refractivity contribution in [3.05, 3.63) is 93.5 Å². The maximum absolute atomic E-state index is 15.0. The number of methoxy groups -OCH3 is 1. The first-order valence-corrected chi connectivity index (χ1v) is 17.4. The number of hydrogen-bond donors (Lipinski definition) is 0. The van der Waals surface area contributed by atoms with Crippen molar-refractivity contribution in [2.45, 2.75) is 63.8 Å². The number of halogens is 2. The van der Waals surface area contributed by atoms with Crippen LogP contribution in [-0.2, 0) is 15.1 Å². The molecule has 3 aromatic carbocycles. The van der Waals surface area contributed by atoms with Crippen molar-refractivity contribution in [2.24, 2.45) is 4.99 Å². The molecule has 11 heteroatoms. The third-order valence-electron chi connectivity index (χ3n) is 9.38. The van der Waals surface area contributed by atoms with Crippen LogP contribution in [0.4, 0.5) is 4.79 Å². The molecule has 0 saturated carbocycles. The van der Waals surface area contributed by atoms with Gasteiger partial charge in [0.25, 0.3) is 5.91 Å². The lowest BCUT2D eigenvalue weighted by Crippen LogP contribution is -2.57. The van der Waals surface area contributed by atoms with Gasteiger partial charge in [-0.05, 0) is 80.6 Å². The number of carbonyl (C=O) groups excluding carboxylic acids is 2. The van der Waals surface area contributed by atoms with Gasteiger partial charge in [0.15, 0.2) is 0 Å². The topological polar surface area (TPSA) is 83.9 Å². The zero-order valence-corrected chi connectivity index (χ0v) is 29.3. The van der Waals surface area contributed by atoms with Gasteiger partial charge in [-0.25, -0.2) is 4.79 Å². The third-order valence-corrected chi connectivity index (χ3v) is 9.88. The number of carbonyl (C=O) groups is 2. The second-order valence-electron chi connectivity index (χ2n) is 12.7. The molecule has 3 aliphatic rings. The van der Waals surface area contributed by atoms with Gasteiger partial charge in [-0.3, -0.25) is 14.7 Å². The predicted octanol–water partition coefficient (Wildman–Crippen LogP) is 7.34. The largest absolute Gasteiger partial charge is 0.497 e. The average molecular weight is 694 g/mol. The molecule has 0 aliphatic carbocycles. The average Bonchev–Trinajstić information content (AvgIpc) is 3.76. The lowest BCUT2D eigenvalue weighted by Gasteiger charge is -2.41. The van der Waals surface area contributed by atoms with E-state index in [9.17, 15) is 4.79 Å². The van der Waals surface area contributed by atoms with Gasteiger partial charge in [-0.2, -0.15) is 0 Å². The zero-order chi connectivity index (χ0) is 34.0. The summed E-state index contributed by atoms with van der Waals surface area (Å²) in [7, 11) is 1.61. The van der Waals surface area contributed by atoms with Crippen LogP contribution < -0.4 is 9.47 Å². The third kappa shape index (κ3) is 6.60. The molecule has 0 radical (unpaired) electrons. The Morgan fingerprint density at radius 1 is 0.958 bits per heavy atom. The van der Waals surface area contributed by atoms with E-state index in [-0.39, 0.29) is 18.0 Å². The molecule has 2 saturated heterocycles. The lowest BCUT2D eigenvalue weighted by atomic mass is 9.78. The molecule has 0 N–H and O–H groups in total. The van der Waals surface area contributed by atoms with Crippen LogP contribution in [0, 0.1) is 0 Å². The molecule has 3 unspecified atom stereocenters. The number of nitrogens with zero attached hydrogens (tertiary/aromatic N) is 4. The number of amidine groups is 1. The molecule has 3 amide bonds. The first kappa shape index (κ1) is 34.1. The quantitative estimate of drug-likeness (QED) is 0.247. The van der Waals surface area contributed by atoms with E-state index in [1.807, 2.05) is 95.3 Å². The van der Waals surface area contributed by atoms with E-state index in [4.69, 9.17) is 42.4 Å². The Kier molecular flexibility index (Phi) is 10.2. The van der Waals surface area contributed by atoms with Crippen LogP contribution in [0.2, 0.25) is 10.0 Å². The molecule has 0 bridgehead atoms. The van der Waals surface area contributed by atoms with Crippen LogP contribution in [0.5, 0.6) is 11.5 Å². The number of ether oxygens (including phenoxy) is 3. The van der Waals surface area contributed by atoms with Crippen molar-refractivity contribution in [1.29, 1.82) is 0 Å². The zero-order valence-electron chi connectivity index (χ0n) is 27.8. The minimum atomic E-state index is -0.879. The molecule has 0 spiro atoms. The number of piperazine rings is 1. The fraction of sp³-hybridized carbons (Fsp3) is 0.432. The number of hydrogen-bond acceptors (Lipinski definition) is 6. The fourth-order valence-electron chi connectivity index (χ4n) is 6.95. The van der Waals surface area contributed by atoms with E-state index in [1.165, 1.54) is 0 Å². The molecule has 3 aliphatic heterocycles. The van der Waals surface area contributed by atoms with Gasteiger partial charge in [-0.1, -0.05) is 54.4 Å². The van der Waals surface area contributed by atoms with Crippen molar-refractivity contribution in [3.8, 4) is 11.5 Å². The predicted molar refractivity (Wildman–Crippen MR) is 187 cm³/mol. The molecular formula is C37H42Cl2N4O5. The van der Waals surface area contributed by atoms with Crippen molar-refractivity contribution < 1.29 is 23.8 Å². The molecule has 3 atom stereocenters. The van der Waals surface area contributed by atoms with Gasteiger partial charge < -0.3 is 24.0 Å². The minimum Gasteiger partial charge on any atom is -0.497 e. The highest BCUT2D eigenvalue weighted by molar-refractivity contribution is 6.30. The summed E-state index contributed by atoms with van der Waals surface area (Å²) in [6.07, 6.45) is 1.67. The summed E-state index contributed by atoms with van der Waals surface area (Å²) in [6, 6.07) is 20.2. The SMILES string of the molecule is CCC1(c2ccc(Cl)cc2)N=C(c2ccc(OC)cc2OC(C)C)N(C(=O)N2CCN(C(=O)C3CCCO3)CC2)C1c1ccc(Cl)cc1. The number of aliphatic imine (C=N–C) groups is 1. The van der Waals surface area contributed by atoms with Gasteiger partial charge in [0.2, 0.25) is 0 Å². The van der Waals surface area contributed by atoms with Gasteiger partial charge in [0, 0.05) is 48.9 Å². The Labute approximate surface area is 292 Å². The van der Waals surface area contributed by atoms with Crippen LogP contribution in [0.15, 0.2) is 71.7 Å². The van der Waals surface area contributed by atoms with E-state index in [2.05, 4.69) is 6.92 Å². The summed E-state index contributed by atoms with van der Waals surface area (Å²) in [4.78, 5) is 39.2. The second-order valence-corrected chi connectivity index (χ2v) is 13.5. The molecular weight excluding hydrogens is 651 g/mol. The van der Waals surface area contributed by atoms with Crippen molar-refractivity contribution in [2.75, 3.05) is 39.9 Å². The summed E-state index contributed by atoms with van der Waals surface area (Å²) in [5.41, 5.74) is 1.60. The van der Waals surface area contributed by atoms with Crippen molar-refractivity contribution in [3.63, 3.8) is 0 Å². The number of urea groups is 1. The highest BCUT2D eigenvalue weighted by Gasteiger charge is 2.53. The molecule has 9 nitrogen and oxygen atoms in total. The van der Waals surface area contributed by atoms with E-state index in [0.717, 1.165) is 24.0 Å². The summed E-state index contributed by atoms with van der Waals surface area (Å²) < 4.78 is 17.6. The fourth-order valence-corrected chi connectivity index (χ4v) is 7.20. The van der Waals surface area contributed by atoms with Crippen LogP contribution in [0.1, 0.15) is 62.8 Å². The molecule has 0 aromatic heterocycles. The number of rotatable bonds is 8. The molecule has 3 aromatic rings. The molecule has 6 rings (SSSR count). The van der Waals surface area contributed by atoms with Crippen LogP contribution >= 0.6 is 23.2 Å². The standard InChI is InChI=1S/C37H42Cl2N4O5/c1-5-37(26-10-14-28(39)15-11-26)33(25-8-12-27(38)13-9-25)43(34(40-37)30-17-16-29(46-4)23-32(30)48-24(2)3)36(45)42-20-18-41(19-21-42)35(44)31-7-6-22-47-31/h8-17,23-24,31,33H,5-7,18-22H2,1-4H3. The Bertz CT molecular complexity index is 1650. The van der Waals surface area contributed by atoms with Gasteiger partial charge in [0.05, 0.1) is 24.8 Å². The number of benzene rings is 3. The molecule has 2 fully saturated rings. The van der Waals surface area contributed by atoms with E-state index in [1.54, 1.807) is 7.11 Å². The molecule has 48 heavy (non-hydrogen) atoms. The Balaban J connectivity index is 1.47. The Morgan fingerprint density at radius 2 is 1.60 bits per heavy atom. The van der Waals surface area contributed by atoms with Crippen LogP contribution in [0.25, 0.3) is 0 Å². The molecule has 254 valence electrons. The summed E-state index contributed by atoms with van der Waals surface area (Å²) >= 11 is 12.8. The highest BCUT2D eigenvalue weighted by atomic mass is 35.5. The van der Waals surface area contributed by atoms with Crippen molar-refractivity contribution >= 4 is 41.0 Å². The Hall–Kier alpha value is -3.79. The maximum atomic E-state index is 15.0. The number of amides is 3. The highest BCUT2D eigenvalue weighted by Crippen LogP contribution is 2.52. The first-order valence-electron chi connectivity index (χ1n) is 16.6. The molecule has 3 heterocycles. The van der Waals surface area contributed by atoms with E-state index >= 15 is 4.79 Å². The summed E-state index contributed by atoms with van der Waals surface area (Å²) in [6.45, 7) is 8.23. The van der Waals surface area contributed by atoms with Gasteiger partial charge >= 0.3 is 6.03 Å². The second kappa shape index (κ2) is 14.4. The van der Waals surface area contributed by atoms with Gasteiger partial charge in [0.1, 0.15) is 29.0 Å². The first-order chi connectivity index (χ1) is 23.1. The Morgan fingerprint density at radius 3 is 2.19 bits per heavy atom. The van der Waals surface area contributed by atoms with Crippen molar-refractivity contribution in [1.82, 2.24) is 14.7 Å². The van der Waals surface area contributed by atoms with Gasteiger partial charge in [-0.15, -0.1) is 0 Å². The maximum Gasteiger partial charge on any atom is 0.326 e. The lowest BCUT2D eigenvalue weighted by molar-refractivity contribution is -0.142. The van der Waals surface area contributed by atoms with Crippen LogP contribution in [-0.4, -0.2) is 84.6 Å². The summed E-state index contributed by atoms with van der Waals surface area (Å²) in [5, 5.41) is 1.21. The van der Waals surface area contributed by atoms with E-state index < -0.39 is 17.7 Å². The summed E-state index contributed by atoms with van der Waals surface area (Å²) in [5.74, 6) is 1.69.